The molecule has 0 bridgehead atoms. The van der Waals surface area contributed by atoms with Crippen LogP contribution in [0.3, 0.4) is 0 Å². The van der Waals surface area contributed by atoms with Crippen molar-refractivity contribution in [3.05, 3.63) is 94.0 Å². The van der Waals surface area contributed by atoms with Crippen LogP contribution in [0.2, 0.25) is 0 Å². The third kappa shape index (κ3) is 7.15. The summed E-state index contributed by atoms with van der Waals surface area (Å²) >= 11 is 0. The Kier molecular flexibility index (Phi) is 9.91. The fraction of sp³-hybridized carbons (Fsp3) is 0.364. The van der Waals surface area contributed by atoms with Crippen molar-refractivity contribution < 1.29 is 23.7 Å². The summed E-state index contributed by atoms with van der Waals surface area (Å²) in [6, 6.07) is 20.6. The highest BCUT2D eigenvalue weighted by Gasteiger charge is 2.22. The molecule has 2 heterocycles. The molecule has 0 spiro atoms. The number of anilines is 1. The second-order valence-electron chi connectivity index (χ2n) is 10.4. The molecule has 1 saturated heterocycles. The first kappa shape index (κ1) is 30.1. The van der Waals surface area contributed by atoms with Crippen LogP contribution in [-0.2, 0) is 28.9 Å². The molecule has 0 radical (unpaired) electrons. The van der Waals surface area contributed by atoms with Gasteiger partial charge in [-0.2, -0.15) is 0 Å². The Labute approximate surface area is 251 Å². The maximum Gasteiger partial charge on any atom is 0.261 e. The van der Waals surface area contributed by atoms with Crippen molar-refractivity contribution in [1.82, 2.24) is 14.9 Å². The van der Waals surface area contributed by atoms with E-state index in [-0.39, 0.29) is 17.6 Å². The van der Waals surface area contributed by atoms with E-state index in [1.807, 2.05) is 54.6 Å². The highest BCUT2D eigenvalue weighted by molar-refractivity contribution is 5.94. The number of methoxy groups -OCH3 is 3. The van der Waals surface area contributed by atoms with Gasteiger partial charge in [-0.1, -0.05) is 24.3 Å². The third-order valence-corrected chi connectivity index (χ3v) is 7.62. The summed E-state index contributed by atoms with van der Waals surface area (Å²) in [5.74, 6) is 1.73. The summed E-state index contributed by atoms with van der Waals surface area (Å²) in [5.41, 5.74) is 3.09. The molecule has 226 valence electrons. The summed E-state index contributed by atoms with van der Waals surface area (Å²) in [4.78, 5) is 33.8. The molecule has 10 nitrogen and oxygen atoms in total. The first-order valence-electron chi connectivity index (χ1n) is 14.4. The van der Waals surface area contributed by atoms with E-state index in [9.17, 15) is 9.59 Å². The molecule has 0 aliphatic carbocycles. The smallest absolute Gasteiger partial charge is 0.261 e. The summed E-state index contributed by atoms with van der Waals surface area (Å²) in [7, 11) is 4.87. The van der Waals surface area contributed by atoms with E-state index in [0.717, 1.165) is 17.8 Å². The fourth-order valence-electron chi connectivity index (χ4n) is 5.37. The first-order chi connectivity index (χ1) is 21.0. The van der Waals surface area contributed by atoms with Crippen molar-refractivity contribution in [2.45, 2.75) is 25.5 Å². The van der Waals surface area contributed by atoms with Gasteiger partial charge in [0, 0.05) is 51.0 Å². The van der Waals surface area contributed by atoms with Gasteiger partial charge >= 0.3 is 0 Å². The van der Waals surface area contributed by atoms with E-state index < -0.39 is 0 Å². The largest absolute Gasteiger partial charge is 0.493 e. The SMILES string of the molecule is COC[C@H]1CN(c2ccc3c(=O)n(CCc4ccc(OC)c(OC)c4)c(CCNC(=O)c4ccccc4)nc3c2)CCO1. The molecule has 1 atom stereocenters. The number of carbonyl (C=O) groups is 1. The maximum atomic E-state index is 13.9. The second-order valence-corrected chi connectivity index (χ2v) is 10.4. The number of hydrogen-bond acceptors (Lipinski definition) is 8. The molecule has 3 aromatic carbocycles. The van der Waals surface area contributed by atoms with Gasteiger partial charge in [0.15, 0.2) is 11.5 Å². The summed E-state index contributed by atoms with van der Waals surface area (Å²) in [6.07, 6.45) is 0.965. The lowest BCUT2D eigenvalue weighted by Crippen LogP contribution is -2.44. The Balaban J connectivity index is 1.43. The number of nitrogens with one attached hydrogen (secondary N) is 1. The maximum absolute atomic E-state index is 13.9. The van der Waals surface area contributed by atoms with Gasteiger partial charge in [0.05, 0.1) is 44.4 Å². The Morgan fingerprint density at radius 1 is 1.00 bits per heavy atom. The molecule has 1 aliphatic rings. The van der Waals surface area contributed by atoms with E-state index in [1.165, 1.54) is 0 Å². The monoisotopic (exact) mass is 586 g/mol. The van der Waals surface area contributed by atoms with E-state index in [1.54, 1.807) is 38.0 Å². The zero-order valence-corrected chi connectivity index (χ0v) is 24.9. The lowest BCUT2D eigenvalue weighted by Gasteiger charge is -2.34. The third-order valence-electron chi connectivity index (χ3n) is 7.62. The molecular weight excluding hydrogens is 548 g/mol. The normalized spacial score (nSPS) is 15.0. The lowest BCUT2D eigenvalue weighted by molar-refractivity contribution is -0.0100. The zero-order valence-electron chi connectivity index (χ0n) is 24.9. The molecule has 4 aromatic rings. The molecule has 1 aromatic heterocycles. The van der Waals surface area contributed by atoms with Gasteiger partial charge in [0.1, 0.15) is 5.82 Å². The minimum atomic E-state index is -0.166. The molecule has 0 saturated carbocycles. The molecule has 1 N–H and O–H groups in total. The Morgan fingerprint density at radius 3 is 2.58 bits per heavy atom. The Morgan fingerprint density at radius 2 is 1.81 bits per heavy atom. The fourth-order valence-corrected chi connectivity index (χ4v) is 5.37. The van der Waals surface area contributed by atoms with E-state index in [4.69, 9.17) is 23.9 Å². The highest BCUT2D eigenvalue weighted by atomic mass is 16.5. The number of rotatable bonds is 12. The Hall–Kier alpha value is -4.41. The lowest BCUT2D eigenvalue weighted by atomic mass is 10.1. The second kappa shape index (κ2) is 14.2. The van der Waals surface area contributed by atoms with Gasteiger partial charge in [-0.25, -0.2) is 4.98 Å². The van der Waals surface area contributed by atoms with Crippen LogP contribution in [0.25, 0.3) is 10.9 Å². The van der Waals surface area contributed by atoms with Crippen molar-refractivity contribution in [3.8, 4) is 11.5 Å². The highest BCUT2D eigenvalue weighted by Crippen LogP contribution is 2.28. The topological polar surface area (TPSA) is 104 Å². The number of hydrogen-bond donors (Lipinski definition) is 1. The van der Waals surface area contributed by atoms with Gasteiger partial charge in [0.25, 0.3) is 11.5 Å². The van der Waals surface area contributed by atoms with Crippen molar-refractivity contribution in [1.29, 1.82) is 0 Å². The number of carbonyl (C=O) groups excluding carboxylic acids is 1. The minimum Gasteiger partial charge on any atom is -0.493 e. The van der Waals surface area contributed by atoms with Crippen LogP contribution in [-0.4, -0.2) is 75.7 Å². The number of ether oxygens (including phenoxy) is 4. The van der Waals surface area contributed by atoms with Crippen LogP contribution in [0.5, 0.6) is 11.5 Å². The molecule has 5 rings (SSSR count). The van der Waals surface area contributed by atoms with E-state index >= 15 is 0 Å². The average molecular weight is 587 g/mol. The van der Waals surface area contributed by atoms with Gasteiger partial charge in [-0.3, -0.25) is 14.2 Å². The van der Waals surface area contributed by atoms with Gasteiger partial charge in [-0.05, 0) is 54.4 Å². The van der Waals surface area contributed by atoms with Gasteiger partial charge in [0.2, 0.25) is 0 Å². The van der Waals surface area contributed by atoms with Crippen molar-refractivity contribution in [2.75, 3.05) is 59.1 Å². The number of morpholine rings is 1. The molecule has 1 amide bonds. The van der Waals surface area contributed by atoms with Crippen LogP contribution >= 0.6 is 0 Å². The minimum absolute atomic E-state index is 0.0178. The van der Waals surface area contributed by atoms with E-state index in [2.05, 4.69) is 10.2 Å². The van der Waals surface area contributed by atoms with Crippen LogP contribution < -0.4 is 25.2 Å². The quantitative estimate of drug-likeness (QED) is 0.269. The predicted molar refractivity (Wildman–Crippen MR) is 166 cm³/mol. The zero-order chi connectivity index (χ0) is 30.2. The number of aromatic nitrogens is 2. The first-order valence-corrected chi connectivity index (χ1v) is 14.4. The number of aryl methyl sites for hydroxylation is 1. The number of benzene rings is 3. The molecule has 1 aliphatic heterocycles. The molecule has 10 heteroatoms. The summed E-state index contributed by atoms with van der Waals surface area (Å²) in [6.45, 7) is 3.31. The van der Waals surface area contributed by atoms with E-state index in [0.29, 0.717) is 79.5 Å². The van der Waals surface area contributed by atoms with Crippen LogP contribution in [0, 0.1) is 0 Å². The van der Waals surface area contributed by atoms with Crippen LogP contribution in [0.1, 0.15) is 21.7 Å². The molecule has 43 heavy (non-hydrogen) atoms. The molecule has 1 fully saturated rings. The number of amides is 1. The predicted octanol–water partition coefficient (Wildman–Crippen LogP) is 3.48. The van der Waals surface area contributed by atoms with Crippen molar-refractivity contribution in [3.63, 3.8) is 0 Å². The average Bonchev–Trinajstić information content (AvgIpc) is 3.04. The van der Waals surface area contributed by atoms with Gasteiger partial charge < -0.3 is 29.2 Å². The summed E-state index contributed by atoms with van der Waals surface area (Å²) in [5, 5.41) is 3.52. The molecular formula is C33H38N4O6. The van der Waals surface area contributed by atoms with Gasteiger partial charge in [-0.15, -0.1) is 0 Å². The number of fused-ring (bicyclic) bond motifs is 1. The summed E-state index contributed by atoms with van der Waals surface area (Å²) < 4.78 is 23.7. The van der Waals surface area contributed by atoms with Crippen LogP contribution in [0.15, 0.2) is 71.5 Å². The number of nitrogens with zero attached hydrogens (tertiary/aromatic N) is 3. The standard InChI is InChI=1S/C33H38N4O6/c1-40-22-26-21-36(17-18-43-26)25-10-11-27-28(20-25)35-31(13-15-34-32(38)24-7-5-4-6-8-24)37(33(27)39)16-14-23-9-12-29(41-2)30(19-23)42-3/h4-12,19-20,26H,13-18,21-22H2,1-3H3,(H,34,38)/t26-/m1/s1. The van der Waals surface area contributed by atoms with Crippen LogP contribution in [0.4, 0.5) is 5.69 Å². The van der Waals surface area contributed by atoms with Crippen molar-refractivity contribution in [2.24, 2.45) is 0 Å². The molecule has 0 unspecified atom stereocenters. The van der Waals surface area contributed by atoms with Crippen molar-refractivity contribution >= 4 is 22.5 Å². The Bertz CT molecular complexity index is 1600.